The second-order valence-electron chi connectivity index (χ2n) is 6.29. The molecule has 1 N–H and O–H groups in total. The van der Waals surface area contributed by atoms with E-state index in [4.69, 9.17) is 9.84 Å². The van der Waals surface area contributed by atoms with Gasteiger partial charge in [0.1, 0.15) is 5.56 Å². The summed E-state index contributed by atoms with van der Waals surface area (Å²) in [5, 5.41) is 13.3. The molecule has 2 fully saturated rings. The Labute approximate surface area is 135 Å². The van der Waals surface area contributed by atoms with E-state index >= 15 is 0 Å². The Bertz CT molecular complexity index is 604. The Balaban J connectivity index is 1.57. The van der Waals surface area contributed by atoms with Gasteiger partial charge in [0, 0.05) is 19.7 Å². The average Bonchev–Trinajstić information content (AvgIpc) is 3.19. The predicted octanol–water partition coefficient (Wildman–Crippen LogP) is 1.48. The number of carbonyl (C=O) groups is 2. The van der Waals surface area contributed by atoms with Crippen LogP contribution in [-0.4, -0.2) is 57.5 Å². The summed E-state index contributed by atoms with van der Waals surface area (Å²) < 4.78 is 7.29. The predicted molar refractivity (Wildman–Crippen MR) is 82.3 cm³/mol. The van der Waals surface area contributed by atoms with E-state index in [1.165, 1.54) is 6.20 Å². The number of carboxylic acids is 1. The fraction of sp³-hybridized carbons (Fsp3) is 0.688. The van der Waals surface area contributed by atoms with Crippen molar-refractivity contribution in [2.45, 2.75) is 45.3 Å². The van der Waals surface area contributed by atoms with Crippen LogP contribution in [0, 0.1) is 12.8 Å². The smallest absolute Gasteiger partial charge is 0.339 e. The summed E-state index contributed by atoms with van der Waals surface area (Å²) in [7, 11) is 0. The molecule has 7 nitrogen and oxygen atoms in total. The number of likely N-dealkylation sites (tertiary alicyclic amines) is 1. The molecule has 0 spiro atoms. The van der Waals surface area contributed by atoms with E-state index in [2.05, 4.69) is 5.10 Å². The minimum absolute atomic E-state index is 0.0385. The van der Waals surface area contributed by atoms with Crippen LogP contribution in [0.3, 0.4) is 0 Å². The number of aromatic carboxylic acids is 1. The standard InChI is InChI=1S/C16H23N3O4/c1-3-23-14-8-12(14)15(20)18-6-4-11(5-7-18)19-10(2)13(9-17-19)16(21)22/h9,11-12,14H,3-8H2,1-2H3,(H,21,22). The van der Waals surface area contributed by atoms with Crippen LogP contribution < -0.4 is 0 Å². The molecular formula is C16H23N3O4. The SMILES string of the molecule is CCOC1CC1C(=O)N1CCC(n2ncc(C(=O)O)c2C)CC1. The minimum atomic E-state index is -0.947. The average molecular weight is 321 g/mol. The number of carboxylic acid groups (broad SMARTS) is 1. The molecule has 1 aliphatic heterocycles. The van der Waals surface area contributed by atoms with E-state index in [9.17, 15) is 9.59 Å². The molecule has 2 heterocycles. The van der Waals surface area contributed by atoms with Gasteiger partial charge in [-0.3, -0.25) is 9.48 Å². The van der Waals surface area contributed by atoms with Crippen molar-refractivity contribution in [1.82, 2.24) is 14.7 Å². The Morgan fingerprint density at radius 1 is 1.39 bits per heavy atom. The van der Waals surface area contributed by atoms with E-state index < -0.39 is 5.97 Å². The molecule has 0 radical (unpaired) electrons. The van der Waals surface area contributed by atoms with Crippen LogP contribution in [0.4, 0.5) is 0 Å². The zero-order valence-corrected chi connectivity index (χ0v) is 13.6. The van der Waals surface area contributed by atoms with Crippen LogP contribution in [0.1, 0.15) is 48.3 Å². The van der Waals surface area contributed by atoms with E-state index in [-0.39, 0.29) is 29.5 Å². The van der Waals surface area contributed by atoms with E-state index in [1.807, 2.05) is 11.8 Å². The third-order valence-corrected chi connectivity index (χ3v) is 4.83. The highest BCUT2D eigenvalue weighted by atomic mass is 16.5. The van der Waals surface area contributed by atoms with E-state index in [1.54, 1.807) is 11.6 Å². The number of aromatic nitrogens is 2. The van der Waals surface area contributed by atoms with Crippen LogP contribution in [0.5, 0.6) is 0 Å². The van der Waals surface area contributed by atoms with Gasteiger partial charge in [0.05, 0.1) is 30.0 Å². The first-order valence-corrected chi connectivity index (χ1v) is 8.20. The first kappa shape index (κ1) is 16.0. The molecule has 0 aromatic carbocycles. The van der Waals surface area contributed by atoms with Crippen LogP contribution in [0.15, 0.2) is 6.20 Å². The quantitative estimate of drug-likeness (QED) is 0.888. The number of piperidine rings is 1. The lowest BCUT2D eigenvalue weighted by molar-refractivity contribution is -0.134. The number of hydrogen-bond acceptors (Lipinski definition) is 4. The van der Waals surface area contributed by atoms with Crippen molar-refractivity contribution in [2.24, 2.45) is 5.92 Å². The summed E-state index contributed by atoms with van der Waals surface area (Å²) in [4.78, 5) is 25.4. The maximum Gasteiger partial charge on any atom is 0.339 e. The summed E-state index contributed by atoms with van der Waals surface area (Å²) in [5.41, 5.74) is 0.932. The number of hydrogen-bond donors (Lipinski definition) is 1. The van der Waals surface area contributed by atoms with Crippen LogP contribution in [0.25, 0.3) is 0 Å². The minimum Gasteiger partial charge on any atom is -0.478 e. The second-order valence-corrected chi connectivity index (χ2v) is 6.29. The second kappa shape index (κ2) is 6.31. The van der Waals surface area contributed by atoms with Crippen molar-refractivity contribution in [1.29, 1.82) is 0 Å². The van der Waals surface area contributed by atoms with Gasteiger partial charge in [0.25, 0.3) is 0 Å². The van der Waals surface area contributed by atoms with Crippen LogP contribution in [0.2, 0.25) is 0 Å². The number of rotatable bonds is 5. The Kier molecular flexibility index (Phi) is 4.39. The monoisotopic (exact) mass is 321 g/mol. The molecule has 7 heteroatoms. The van der Waals surface area contributed by atoms with Gasteiger partial charge < -0.3 is 14.7 Å². The first-order chi connectivity index (χ1) is 11.0. The van der Waals surface area contributed by atoms with Gasteiger partial charge in [-0.1, -0.05) is 0 Å². The Hall–Kier alpha value is -1.89. The molecule has 1 aromatic rings. The summed E-state index contributed by atoms with van der Waals surface area (Å²) in [6.07, 6.45) is 3.97. The van der Waals surface area contributed by atoms with Crippen LogP contribution >= 0.6 is 0 Å². The Morgan fingerprint density at radius 2 is 2.09 bits per heavy atom. The van der Waals surface area contributed by atoms with Crippen molar-refractivity contribution in [3.63, 3.8) is 0 Å². The highest BCUT2D eigenvalue weighted by Gasteiger charge is 2.46. The van der Waals surface area contributed by atoms with Crippen molar-refractivity contribution in [3.8, 4) is 0 Å². The van der Waals surface area contributed by atoms with Crippen molar-refractivity contribution in [2.75, 3.05) is 19.7 Å². The molecule has 1 amide bonds. The maximum atomic E-state index is 12.4. The topological polar surface area (TPSA) is 84.7 Å². The fourth-order valence-electron chi connectivity index (χ4n) is 3.40. The maximum absolute atomic E-state index is 12.4. The lowest BCUT2D eigenvalue weighted by Crippen LogP contribution is -2.40. The molecule has 1 aliphatic carbocycles. The van der Waals surface area contributed by atoms with Gasteiger partial charge in [-0.05, 0) is 33.1 Å². The molecule has 2 unspecified atom stereocenters. The molecule has 2 atom stereocenters. The van der Waals surface area contributed by atoms with Crippen molar-refractivity contribution >= 4 is 11.9 Å². The van der Waals surface area contributed by atoms with Gasteiger partial charge in [-0.2, -0.15) is 5.10 Å². The van der Waals surface area contributed by atoms with Gasteiger partial charge in [-0.15, -0.1) is 0 Å². The number of ether oxygens (including phenoxy) is 1. The zero-order chi connectivity index (χ0) is 16.6. The molecule has 2 aliphatic rings. The molecule has 1 aromatic heterocycles. The fourth-order valence-corrected chi connectivity index (χ4v) is 3.40. The molecule has 23 heavy (non-hydrogen) atoms. The van der Waals surface area contributed by atoms with Crippen molar-refractivity contribution < 1.29 is 19.4 Å². The Morgan fingerprint density at radius 3 is 2.65 bits per heavy atom. The highest BCUT2D eigenvalue weighted by molar-refractivity contribution is 5.88. The first-order valence-electron chi connectivity index (χ1n) is 8.20. The largest absolute Gasteiger partial charge is 0.478 e. The van der Waals surface area contributed by atoms with Crippen molar-refractivity contribution in [3.05, 3.63) is 17.5 Å². The summed E-state index contributed by atoms with van der Waals surface area (Å²) in [6, 6.07) is 0.161. The molecular weight excluding hydrogens is 298 g/mol. The third-order valence-electron chi connectivity index (χ3n) is 4.83. The third kappa shape index (κ3) is 3.10. The lowest BCUT2D eigenvalue weighted by Gasteiger charge is -2.32. The number of nitrogens with zero attached hydrogens (tertiary/aromatic N) is 3. The van der Waals surface area contributed by atoms with Gasteiger partial charge in [-0.25, -0.2) is 4.79 Å². The van der Waals surface area contributed by atoms with Crippen LogP contribution in [-0.2, 0) is 9.53 Å². The summed E-state index contributed by atoms with van der Waals surface area (Å²) in [6.45, 7) is 5.77. The molecule has 3 rings (SSSR count). The van der Waals surface area contributed by atoms with Gasteiger partial charge >= 0.3 is 5.97 Å². The van der Waals surface area contributed by atoms with Gasteiger partial charge in [0.2, 0.25) is 5.91 Å². The van der Waals surface area contributed by atoms with E-state index in [0.29, 0.717) is 25.4 Å². The molecule has 1 saturated heterocycles. The van der Waals surface area contributed by atoms with E-state index in [0.717, 1.165) is 19.3 Å². The molecule has 0 bridgehead atoms. The highest BCUT2D eigenvalue weighted by Crippen LogP contribution is 2.36. The zero-order valence-electron chi connectivity index (χ0n) is 13.6. The molecule has 126 valence electrons. The van der Waals surface area contributed by atoms with Gasteiger partial charge in [0.15, 0.2) is 0 Å². The molecule has 1 saturated carbocycles. The normalized spacial score (nSPS) is 24.7. The summed E-state index contributed by atoms with van der Waals surface area (Å²) >= 11 is 0. The number of amides is 1. The summed E-state index contributed by atoms with van der Waals surface area (Å²) in [5.74, 6) is -0.709. The number of carbonyl (C=O) groups excluding carboxylic acids is 1. The lowest BCUT2D eigenvalue weighted by atomic mass is 10.0.